The average Bonchev–Trinajstić information content (AvgIpc) is 3.64. The van der Waals surface area contributed by atoms with E-state index in [-0.39, 0.29) is 11.2 Å². The van der Waals surface area contributed by atoms with Crippen molar-refractivity contribution in [2.24, 2.45) is 0 Å². The quantitative estimate of drug-likeness (QED) is 0.177. The number of hydrogen-bond acceptors (Lipinski definition) is 1. The molecule has 1 aliphatic carbocycles. The van der Waals surface area contributed by atoms with Crippen molar-refractivity contribution >= 4 is 49.6 Å². The first-order valence-corrected chi connectivity index (χ1v) is 17.9. The maximum atomic E-state index is 14.2. The Morgan fingerprint density at radius 1 is 0.462 bits per heavy atom. The van der Waals surface area contributed by atoms with Crippen LogP contribution in [0.5, 0.6) is 0 Å². The van der Waals surface area contributed by atoms with Crippen molar-refractivity contribution in [3.63, 3.8) is 0 Å². The summed E-state index contributed by atoms with van der Waals surface area (Å²) < 4.78 is 16.6. The first-order chi connectivity index (χ1) is 25.4. The third kappa shape index (κ3) is 4.70. The number of fused-ring (bicyclic) bond motifs is 7. The normalized spacial score (nSPS) is 13.1. The molecule has 0 saturated carbocycles. The Morgan fingerprint density at radius 3 is 1.92 bits per heavy atom. The van der Waals surface area contributed by atoms with Gasteiger partial charge in [0.1, 0.15) is 5.82 Å². The largest absolute Gasteiger partial charge is 0.310 e. The Balaban J connectivity index is 1.06. The van der Waals surface area contributed by atoms with Gasteiger partial charge in [-0.3, -0.25) is 0 Å². The topological polar surface area (TPSA) is 8.17 Å². The highest BCUT2D eigenvalue weighted by atomic mass is 19.1. The lowest BCUT2D eigenvalue weighted by Gasteiger charge is -2.28. The van der Waals surface area contributed by atoms with Crippen LogP contribution in [0.1, 0.15) is 25.0 Å². The van der Waals surface area contributed by atoms with Crippen LogP contribution in [0.15, 0.2) is 176 Å². The van der Waals surface area contributed by atoms with Crippen LogP contribution in [0.25, 0.3) is 60.5 Å². The van der Waals surface area contributed by atoms with Gasteiger partial charge in [0.2, 0.25) is 0 Å². The summed E-state index contributed by atoms with van der Waals surface area (Å²) >= 11 is 0. The second-order valence-corrected chi connectivity index (χ2v) is 14.4. The van der Waals surface area contributed by atoms with Crippen LogP contribution in [-0.2, 0) is 5.41 Å². The molecule has 0 N–H and O–H groups in total. The van der Waals surface area contributed by atoms with E-state index in [9.17, 15) is 4.39 Å². The van der Waals surface area contributed by atoms with Gasteiger partial charge in [0.05, 0.1) is 11.0 Å². The molecule has 0 radical (unpaired) electrons. The smallest absolute Gasteiger partial charge is 0.123 e. The molecule has 0 saturated heterocycles. The number of hydrogen-bond donors (Lipinski definition) is 0. The van der Waals surface area contributed by atoms with Crippen LogP contribution in [0.3, 0.4) is 0 Å². The Hall–Kier alpha value is -6.45. The second kappa shape index (κ2) is 11.5. The summed E-state index contributed by atoms with van der Waals surface area (Å²) in [4.78, 5) is 2.23. The van der Waals surface area contributed by atoms with Crippen molar-refractivity contribution in [2.75, 3.05) is 4.90 Å². The maximum absolute atomic E-state index is 14.2. The molecule has 10 rings (SSSR count). The maximum Gasteiger partial charge on any atom is 0.123 e. The van der Waals surface area contributed by atoms with E-state index in [1.807, 2.05) is 12.1 Å². The van der Waals surface area contributed by atoms with Crippen LogP contribution in [-0.4, -0.2) is 4.57 Å². The zero-order chi connectivity index (χ0) is 35.0. The van der Waals surface area contributed by atoms with Gasteiger partial charge in [-0.05, 0) is 123 Å². The number of benzene rings is 8. The lowest BCUT2D eigenvalue weighted by Crippen LogP contribution is -2.16. The monoisotopic (exact) mass is 670 g/mol. The van der Waals surface area contributed by atoms with Gasteiger partial charge in [-0.1, -0.05) is 111 Å². The standard InChI is InChI=1S/C49H35FN2/c1-49(2)45-13-7-5-11-41(45)42-27-26-40(31-46(42)49)51(38-24-19-36(50)20-25-38)37-21-15-33(16-22-37)35-18-28-48-44(30-35)43-12-6-8-14-47(43)52(48)39-23-17-32-9-3-4-10-34(32)29-39/h3-31H,1-2H3. The van der Waals surface area contributed by atoms with Gasteiger partial charge < -0.3 is 9.47 Å². The van der Waals surface area contributed by atoms with E-state index in [0.29, 0.717) is 0 Å². The van der Waals surface area contributed by atoms with Crippen LogP contribution in [0.2, 0.25) is 0 Å². The molecule has 1 heterocycles. The van der Waals surface area contributed by atoms with E-state index in [4.69, 9.17) is 0 Å². The predicted molar refractivity (Wildman–Crippen MR) is 216 cm³/mol. The van der Waals surface area contributed by atoms with Crippen molar-refractivity contribution in [1.29, 1.82) is 0 Å². The molecule has 3 heteroatoms. The van der Waals surface area contributed by atoms with Gasteiger partial charge in [-0.2, -0.15) is 0 Å². The molecule has 52 heavy (non-hydrogen) atoms. The van der Waals surface area contributed by atoms with E-state index in [0.717, 1.165) is 33.9 Å². The Bertz CT molecular complexity index is 2820. The summed E-state index contributed by atoms with van der Waals surface area (Å²) in [7, 11) is 0. The van der Waals surface area contributed by atoms with Crippen LogP contribution >= 0.6 is 0 Å². The first-order valence-electron chi connectivity index (χ1n) is 17.9. The molecule has 8 aromatic carbocycles. The Morgan fingerprint density at radius 2 is 1.10 bits per heavy atom. The fraction of sp³-hybridized carbons (Fsp3) is 0.0612. The van der Waals surface area contributed by atoms with Crippen LogP contribution in [0.4, 0.5) is 21.5 Å². The van der Waals surface area contributed by atoms with Crippen molar-refractivity contribution in [2.45, 2.75) is 19.3 Å². The van der Waals surface area contributed by atoms with E-state index in [1.165, 1.54) is 67.0 Å². The second-order valence-electron chi connectivity index (χ2n) is 14.4. The van der Waals surface area contributed by atoms with E-state index in [2.05, 4.69) is 175 Å². The third-order valence-electron chi connectivity index (χ3n) is 11.0. The van der Waals surface area contributed by atoms with Gasteiger partial charge in [0.25, 0.3) is 0 Å². The molecular formula is C49H35FN2. The van der Waals surface area contributed by atoms with E-state index >= 15 is 0 Å². The summed E-state index contributed by atoms with van der Waals surface area (Å²) in [5.41, 5.74) is 13.9. The molecule has 1 aromatic heterocycles. The summed E-state index contributed by atoms with van der Waals surface area (Å²) in [6.45, 7) is 4.60. The summed E-state index contributed by atoms with van der Waals surface area (Å²) in [6, 6.07) is 61.7. The summed E-state index contributed by atoms with van der Waals surface area (Å²) in [6.07, 6.45) is 0. The molecule has 0 fully saturated rings. The number of rotatable bonds is 5. The number of halogens is 1. The molecule has 0 aliphatic heterocycles. The molecular weight excluding hydrogens is 636 g/mol. The van der Waals surface area contributed by atoms with Crippen molar-refractivity contribution < 1.29 is 4.39 Å². The van der Waals surface area contributed by atoms with Gasteiger partial charge >= 0.3 is 0 Å². The average molecular weight is 671 g/mol. The van der Waals surface area contributed by atoms with Crippen molar-refractivity contribution in [3.8, 4) is 27.9 Å². The minimum absolute atomic E-state index is 0.129. The van der Waals surface area contributed by atoms with Gasteiger partial charge in [0.15, 0.2) is 0 Å². The number of aromatic nitrogens is 1. The Labute approximate surface area is 302 Å². The molecule has 248 valence electrons. The van der Waals surface area contributed by atoms with Crippen LogP contribution < -0.4 is 4.90 Å². The summed E-state index contributed by atoms with van der Waals surface area (Å²) in [5, 5.41) is 4.92. The highest BCUT2D eigenvalue weighted by molar-refractivity contribution is 6.10. The minimum atomic E-state index is -0.248. The molecule has 1 aliphatic rings. The number of para-hydroxylation sites is 1. The first kappa shape index (κ1) is 30.4. The van der Waals surface area contributed by atoms with Gasteiger partial charge in [-0.25, -0.2) is 4.39 Å². The van der Waals surface area contributed by atoms with E-state index < -0.39 is 0 Å². The lowest BCUT2D eigenvalue weighted by molar-refractivity contribution is 0.628. The van der Waals surface area contributed by atoms with Gasteiger partial charge in [0, 0.05) is 38.9 Å². The van der Waals surface area contributed by atoms with E-state index in [1.54, 1.807) is 0 Å². The third-order valence-corrected chi connectivity index (χ3v) is 11.0. The molecule has 2 nitrogen and oxygen atoms in total. The molecule has 9 aromatic rings. The molecule has 0 unspecified atom stereocenters. The molecule has 0 amide bonds. The van der Waals surface area contributed by atoms with Gasteiger partial charge in [-0.15, -0.1) is 0 Å². The number of nitrogens with zero attached hydrogens (tertiary/aromatic N) is 2. The molecule has 0 spiro atoms. The highest BCUT2D eigenvalue weighted by Crippen LogP contribution is 2.50. The lowest BCUT2D eigenvalue weighted by atomic mass is 9.82. The minimum Gasteiger partial charge on any atom is -0.310 e. The summed E-state index contributed by atoms with van der Waals surface area (Å²) in [5.74, 6) is -0.248. The zero-order valence-corrected chi connectivity index (χ0v) is 29.0. The SMILES string of the molecule is CC1(C)c2ccccc2-c2ccc(N(c3ccc(F)cc3)c3ccc(-c4ccc5c(c4)c4ccccc4n5-c4ccc5ccccc5c4)cc3)cc21. The molecule has 0 atom stereocenters. The Kier molecular flexibility index (Phi) is 6.74. The predicted octanol–water partition coefficient (Wildman–Crippen LogP) is 13.5. The van der Waals surface area contributed by atoms with Crippen molar-refractivity contribution in [3.05, 3.63) is 193 Å². The fourth-order valence-corrected chi connectivity index (χ4v) is 8.42. The molecule has 0 bridgehead atoms. The number of anilines is 3. The van der Waals surface area contributed by atoms with Crippen molar-refractivity contribution in [1.82, 2.24) is 4.57 Å². The highest BCUT2D eigenvalue weighted by Gasteiger charge is 2.35. The fourth-order valence-electron chi connectivity index (χ4n) is 8.42. The zero-order valence-electron chi connectivity index (χ0n) is 29.0. The van der Waals surface area contributed by atoms with Crippen LogP contribution in [0, 0.1) is 5.82 Å².